The van der Waals surface area contributed by atoms with Gasteiger partial charge in [-0.2, -0.15) is 5.26 Å². The largest absolute Gasteiger partial charge is 0.439 e. The Morgan fingerprint density at radius 3 is 2.53 bits per heavy atom. The maximum Gasteiger partial charge on any atom is 0.344 e. The van der Waals surface area contributed by atoms with Crippen molar-refractivity contribution in [3.05, 3.63) is 116 Å². The molecule has 6 rings (SSSR count). The lowest BCUT2D eigenvalue weighted by atomic mass is 9.83. The first kappa shape index (κ1) is 23.6. The molecule has 2 aromatic heterocycles. The smallest absolute Gasteiger partial charge is 0.344 e. The molecule has 1 unspecified atom stereocenters. The average molecular weight is 522 g/mol. The van der Waals surface area contributed by atoms with E-state index in [1.54, 1.807) is 30.3 Å². The second-order valence-corrected chi connectivity index (χ2v) is 9.63. The highest BCUT2D eigenvalue weighted by molar-refractivity contribution is 6.30. The van der Waals surface area contributed by atoms with Crippen molar-refractivity contribution in [2.45, 2.75) is 19.8 Å². The van der Waals surface area contributed by atoms with Gasteiger partial charge >= 0.3 is 5.63 Å². The van der Waals surface area contributed by atoms with Crippen molar-refractivity contribution in [2.24, 2.45) is 5.73 Å². The molecule has 0 saturated carbocycles. The summed E-state index contributed by atoms with van der Waals surface area (Å²) in [7, 11) is 0. The number of pyridine rings is 1. The van der Waals surface area contributed by atoms with Crippen molar-refractivity contribution in [2.75, 3.05) is 0 Å². The lowest BCUT2D eigenvalue weighted by Crippen LogP contribution is -2.26. The molecule has 0 amide bonds. The van der Waals surface area contributed by atoms with Gasteiger partial charge in [-0.15, -0.1) is 0 Å². The number of benzene rings is 3. The van der Waals surface area contributed by atoms with Gasteiger partial charge in [0.05, 0.1) is 22.4 Å². The molecule has 186 valence electrons. The Morgan fingerprint density at radius 1 is 1.03 bits per heavy atom. The number of nitriles is 1. The summed E-state index contributed by atoms with van der Waals surface area (Å²) >= 11 is 6.06. The van der Waals surface area contributed by atoms with Crippen LogP contribution >= 0.6 is 11.6 Å². The van der Waals surface area contributed by atoms with Crippen molar-refractivity contribution >= 4 is 33.5 Å². The third kappa shape index (κ3) is 3.92. The van der Waals surface area contributed by atoms with Crippen LogP contribution < -0.4 is 20.8 Å². The van der Waals surface area contributed by atoms with Crippen LogP contribution in [0, 0.1) is 25.2 Å². The molecule has 0 spiro atoms. The van der Waals surface area contributed by atoms with Gasteiger partial charge in [0.25, 0.3) is 0 Å². The van der Waals surface area contributed by atoms with Crippen molar-refractivity contribution in [3.8, 4) is 23.4 Å². The molecule has 0 saturated heterocycles. The fourth-order valence-electron chi connectivity index (χ4n) is 4.74. The molecule has 1 atom stereocenters. The Hall–Kier alpha value is -4.80. The molecular formula is C30H20ClN3O4. The highest BCUT2D eigenvalue weighted by Crippen LogP contribution is 2.47. The highest BCUT2D eigenvalue weighted by Gasteiger charge is 2.38. The number of ether oxygens (including phenoxy) is 2. The normalized spacial score (nSPS) is 14.7. The standard InChI is InChI=1S/C30H20ClN3O4/c1-15-3-9-23-17(11-15)13-21(29(34-23)36-19-7-5-18(31)6-8-19)25-22(14-32)28(33)38-27-20-12-16(2)4-10-24(20)37-30(35)26(25)27/h3-13,25H,33H2,1-2H3. The van der Waals surface area contributed by atoms with Crippen LogP contribution in [0.25, 0.3) is 21.9 Å². The fraction of sp³-hybridized carbons (Fsp3) is 0.100. The van der Waals surface area contributed by atoms with Gasteiger partial charge in [0.1, 0.15) is 23.0 Å². The zero-order valence-corrected chi connectivity index (χ0v) is 21.2. The number of allylic oxidation sites excluding steroid dienone is 1. The van der Waals surface area contributed by atoms with E-state index < -0.39 is 11.5 Å². The highest BCUT2D eigenvalue weighted by atomic mass is 35.5. The van der Waals surface area contributed by atoms with E-state index in [2.05, 4.69) is 6.07 Å². The van der Waals surface area contributed by atoms with E-state index >= 15 is 0 Å². The van der Waals surface area contributed by atoms with Gasteiger partial charge in [-0.1, -0.05) is 34.9 Å². The van der Waals surface area contributed by atoms with Crippen molar-refractivity contribution < 1.29 is 13.9 Å². The summed E-state index contributed by atoms with van der Waals surface area (Å²) in [5.41, 5.74) is 9.36. The van der Waals surface area contributed by atoms with Crippen LogP contribution in [-0.2, 0) is 0 Å². The molecule has 3 heterocycles. The lowest BCUT2D eigenvalue weighted by molar-refractivity contribution is 0.385. The topological polar surface area (TPSA) is 111 Å². The van der Waals surface area contributed by atoms with E-state index in [1.165, 1.54) is 0 Å². The number of nitrogens with zero attached hydrogens (tertiary/aromatic N) is 2. The van der Waals surface area contributed by atoms with Crippen LogP contribution in [0.3, 0.4) is 0 Å². The Labute approximate surface area is 222 Å². The molecule has 2 N–H and O–H groups in total. The molecule has 0 bridgehead atoms. The lowest BCUT2D eigenvalue weighted by Gasteiger charge is -2.27. The van der Waals surface area contributed by atoms with E-state index in [4.69, 9.17) is 36.2 Å². The molecule has 3 aromatic carbocycles. The number of hydrogen-bond donors (Lipinski definition) is 1. The number of nitrogens with two attached hydrogens (primary N) is 1. The summed E-state index contributed by atoms with van der Waals surface area (Å²) in [5, 5.41) is 12.1. The number of aryl methyl sites for hydroxylation is 2. The monoisotopic (exact) mass is 521 g/mol. The minimum absolute atomic E-state index is 0.0616. The third-order valence-electron chi connectivity index (χ3n) is 6.52. The number of halogens is 1. The summed E-state index contributed by atoms with van der Waals surface area (Å²) in [6.45, 7) is 3.90. The summed E-state index contributed by atoms with van der Waals surface area (Å²) < 4.78 is 17.8. The number of fused-ring (bicyclic) bond motifs is 4. The SMILES string of the molecule is Cc1ccc2nc(Oc3ccc(Cl)cc3)c(C3C(C#N)=C(N)Oc4c3c(=O)oc3ccc(C)cc43)cc2c1. The second-order valence-electron chi connectivity index (χ2n) is 9.19. The molecule has 7 nitrogen and oxygen atoms in total. The first-order valence-corrected chi connectivity index (χ1v) is 12.2. The average Bonchev–Trinajstić information content (AvgIpc) is 2.89. The minimum Gasteiger partial charge on any atom is -0.439 e. The molecule has 38 heavy (non-hydrogen) atoms. The van der Waals surface area contributed by atoms with E-state index in [1.807, 2.05) is 50.2 Å². The Balaban J connectivity index is 1.67. The molecular weight excluding hydrogens is 502 g/mol. The van der Waals surface area contributed by atoms with Gasteiger partial charge in [0.2, 0.25) is 11.8 Å². The Kier molecular flexibility index (Phi) is 5.55. The maximum absolute atomic E-state index is 13.4. The molecule has 0 fully saturated rings. The van der Waals surface area contributed by atoms with Crippen molar-refractivity contribution in [1.29, 1.82) is 5.26 Å². The number of hydrogen-bond acceptors (Lipinski definition) is 7. The van der Waals surface area contributed by atoms with Crippen LogP contribution in [0.2, 0.25) is 5.02 Å². The van der Waals surface area contributed by atoms with Gasteiger partial charge in [0.15, 0.2) is 5.75 Å². The molecule has 1 aliphatic heterocycles. The summed E-state index contributed by atoms with van der Waals surface area (Å²) in [4.78, 5) is 18.2. The van der Waals surface area contributed by atoms with Crippen molar-refractivity contribution in [3.63, 3.8) is 0 Å². The van der Waals surface area contributed by atoms with Crippen molar-refractivity contribution in [1.82, 2.24) is 4.98 Å². The van der Waals surface area contributed by atoms with Gasteiger partial charge in [-0.05, 0) is 68.4 Å². The maximum atomic E-state index is 13.4. The predicted molar refractivity (Wildman–Crippen MR) is 145 cm³/mol. The van der Waals surface area contributed by atoms with E-state index in [9.17, 15) is 10.1 Å². The van der Waals surface area contributed by atoms with Crippen LogP contribution in [0.4, 0.5) is 0 Å². The fourth-order valence-corrected chi connectivity index (χ4v) is 4.87. The van der Waals surface area contributed by atoms with Gasteiger partial charge in [-0.3, -0.25) is 0 Å². The number of rotatable bonds is 3. The molecule has 0 aliphatic carbocycles. The number of aromatic nitrogens is 1. The predicted octanol–water partition coefficient (Wildman–Crippen LogP) is 6.62. The Bertz CT molecular complexity index is 1900. The molecule has 8 heteroatoms. The van der Waals surface area contributed by atoms with E-state index in [0.29, 0.717) is 32.8 Å². The summed E-state index contributed by atoms with van der Waals surface area (Å²) in [6, 6.07) is 22.0. The van der Waals surface area contributed by atoms with Gasteiger partial charge in [0, 0.05) is 16.0 Å². The Morgan fingerprint density at radius 2 is 1.76 bits per heavy atom. The molecule has 5 aromatic rings. The quantitative estimate of drug-likeness (QED) is 0.265. The summed E-state index contributed by atoms with van der Waals surface area (Å²) in [5.74, 6) is -0.0858. The molecule has 1 aliphatic rings. The van der Waals surface area contributed by atoms with Gasteiger partial charge in [-0.25, -0.2) is 9.78 Å². The van der Waals surface area contributed by atoms with E-state index in [0.717, 1.165) is 16.5 Å². The van der Waals surface area contributed by atoms with Gasteiger partial charge < -0.3 is 19.6 Å². The summed E-state index contributed by atoms with van der Waals surface area (Å²) in [6.07, 6.45) is 0. The second kappa shape index (κ2) is 8.94. The third-order valence-corrected chi connectivity index (χ3v) is 6.78. The van der Waals surface area contributed by atoms with Crippen LogP contribution in [-0.4, -0.2) is 4.98 Å². The van der Waals surface area contributed by atoms with Crippen LogP contribution in [0.15, 0.2) is 87.4 Å². The minimum atomic E-state index is -0.940. The van der Waals surface area contributed by atoms with E-state index in [-0.39, 0.29) is 28.6 Å². The first-order chi connectivity index (χ1) is 18.3. The zero-order valence-electron chi connectivity index (χ0n) is 20.4. The molecule has 0 radical (unpaired) electrons. The first-order valence-electron chi connectivity index (χ1n) is 11.8. The zero-order chi connectivity index (χ0) is 26.6. The van der Waals surface area contributed by atoms with Crippen LogP contribution in [0.5, 0.6) is 17.4 Å². The van der Waals surface area contributed by atoms with Crippen LogP contribution in [0.1, 0.15) is 28.2 Å².